The van der Waals surface area contributed by atoms with Gasteiger partial charge in [-0.3, -0.25) is 4.90 Å². The van der Waals surface area contributed by atoms with Gasteiger partial charge < -0.3 is 9.32 Å². The molecule has 0 radical (unpaired) electrons. The summed E-state index contributed by atoms with van der Waals surface area (Å²) in [5, 5.41) is 20.6. The zero-order chi connectivity index (χ0) is 18.9. The lowest BCUT2D eigenvalue weighted by Gasteiger charge is -2.34. The van der Waals surface area contributed by atoms with E-state index < -0.39 is 0 Å². The van der Waals surface area contributed by atoms with E-state index in [-0.39, 0.29) is 5.82 Å². The van der Waals surface area contributed by atoms with Gasteiger partial charge in [-0.15, -0.1) is 25.5 Å². The lowest BCUT2D eigenvalue weighted by atomic mass is 10.2. The quantitative estimate of drug-likeness (QED) is 0.528. The number of fused-ring (bicyclic) bond motifs is 1. The molecule has 142 valence electrons. The second-order valence-corrected chi connectivity index (χ2v) is 6.60. The smallest absolute Gasteiger partial charge is 0.247 e. The molecule has 1 aliphatic heterocycles. The van der Waals surface area contributed by atoms with Crippen molar-refractivity contribution in [2.45, 2.75) is 6.54 Å². The number of piperazine rings is 1. The van der Waals surface area contributed by atoms with Crippen LogP contribution in [0.2, 0.25) is 0 Å². The first-order valence-electron chi connectivity index (χ1n) is 8.97. The Hall–Kier alpha value is -3.40. The fourth-order valence-electron chi connectivity index (χ4n) is 3.24. The van der Waals surface area contributed by atoms with E-state index in [1.54, 1.807) is 23.0 Å². The number of rotatable bonds is 4. The summed E-state index contributed by atoms with van der Waals surface area (Å²) in [5.41, 5.74) is 1.44. The average molecular weight is 380 g/mol. The first kappa shape index (κ1) is 16.8. The van der Waals surface area contributed by atoms with E-state index in [4.69, 9.17) is 4.42 Å². The molecular formula is C18H17FN8O. The highest BCUT2D eigenvalue weighted by Gasteiger charge is 2.20. The van der Waals surface area contributed by atoms with Gasteiger partial charge in [0.2, 0.25) is 11.8 Å². The van der Waals surface area contributed by atoms with Crippen LogP contribution in [0.1, 0.15) is 5.89 Å². The van der Waals surface area contributed by atoms with Gasteiger partial charge in [0.1, 0.15) is 18.0 Å². The molecule has 9 nitrogen and oxygen atoms in total. The summed E-state index contributed by atoms with van der Waals surface area (Å²) < 4.78 is 20.5. The van der Waals surface area contributed by atoms with Crippen LogP contribution in [0, 0.1) is 5.82 Å². The molecule has 0 aliphatic carbocycles. The third-order valence-corrected chi connectivity index (χ3v) is 4.76. The molecule has 0 saturated carbocycles. The fourth-order valence-corrected chi connectivity index (χ4v) is 3.24. The van der Waals surface area contributed by atoms with E-state index in [0.29, 0.717) is 23.9 Å². The first-order valence-corrected chi connectivity index (χ1v) is 8.97. The second kappa shape index (κ2) is 6.97. The van der Waals surface area contributed by atoms with Gasteiger partial charge in [-0.05, 0) is 36.4 Å². The van der Waals surface area contributed by atoms with Gasteiger partial charge in [-0.25, -0.2) is 4.39 Å². The summed E-state index contributed by atoms with van der Waals surface area (Å²) in [7, 11) is 0. The number of aromatic nitrogens is 6. The van der Waals surface area contributed by atoms with Crippen molar-refractivity contribution in [3.63, 3.8) is 0 Å². The molecule has 0 atom stereocenters. The van der Waals surface area contributed by atoms with Crippen LogP contribution in [-0.4, -0.2) is 61.1 Å². The predicted molar refractivity (Wildman–Crippen MR) is 98.0 cm³/mol. The van der Waals surface area contributed by atoms with Crippen LogP contribution in [0.15, 0.2) is 47.1 Å². The zero-order valence-corrected chi connectivity index (χ0v) is 14.9. The Labute approximate surface area is 159 Å². The van der Waals surface area contributed by atoms with E-state index in [1.165, 1.54) is 12.1 Å². The second-order valence-electron chi connectivity index (χ2n) is 6.60. The topological polar surface area (TPSA) is 88.5 Å². The molecule has 0 unspecified atom stereocenters. The first-order chi connectivity index (χ1) is 13.7. The van der Waals surface area contributed by atoms with Crippen molar-refractivity contribution < 1.29 is 8.81 Å². The maximum atomic E-state index is 13.0. The lowest BCUT2D eigenvalue weighted by Crippen LogP contribution is -2.46. The number of halogens is 1. The van der Waals surface area contributed by atoms with Gasteiger partial charge in [-0.2, -0.15) is 4.52 Å². The SMILES string of the molecule is Fc1ccc(-c2nnc(CN3CCN(c4ccc5nncn5n4)CC3)o2)cc1. The van der Waals surface area contributed by atoms with E-state index >= 15 is 0 Å². The highest BCUT2D eigenvalue weighted by atomic mass is 19.1. The largest absolute Gasteiger partial charge is 0.419 e. The maximum absolute atomic E-state index is 13.0. The van der Waals surface area contributed by atoms with Crippen molar-refractivity contribution in [1.29, 1.82) is 0 Å². The van der Waals surface area contributed by atoms with Crippen LogP contribution in [0.4, 0.5) is 10.2 Å². The Kier molecular flexibility index (Phi) is 4.17. The molecular weight excluding hydrogens is 363 g/mol. The average Bonchev–Trinajstić information content (AvgIpc) is 3.38. The zero-order valence-electron chi connectivity index (χ0n) is 14.9. The standard InChI is InChI=1S/C18H17FN8O/c19-14-3-1-13(2-4-14)18-23-22-17(28-18)11-25-7-9-26(10-8-25)16-6-5-15-21-20-12-27(15)24-16/h1-6,12H,7-11H2. The van der Waals surface area contributed by atoms with Crippen LogP contribution in [0.5, 0.6) is 0 Å². The third kappa shape index (κ3) is 3.29. The van der Waals surface area contributed by atoms with E-state index in [0.717, 1.165) is 37.6 Å². The van der Waals surface area contributed by atoms with Gasteiger partial charge >= 0.3 is 0 Å². The van der Waals surface area contributed by atoms with Gasteiger partial charge in [0.15, 0.2) is 5.65 Å². The molecule has 0 N–H and O–H groups in total. The van der Waals surface area contributed by atoms with Gasteiger partial charge in [0.05, 0.1) is 6.54 Å². The molecule has 10 heteroatoms. The summed E-state index contributed by atoms with van der Waals surface area (Å²) in [6.07, 6.45) is 1.60. The van der Waals surface area contributed by atoms with Crippen molar-refractivity contribution in [3.05, 3.63) is 54.4 Å². The minimum atomic E-state index is -0.292. The number of benzene rings is 1. The molecule has 0 bridgehead atoms. The number of anilines is 1. The Morgan fingerprint density at radius 1 is 0.929 bits per heavy atom. The van der Waals surface area contributed by atoms with E-state index in [2.05, 4.69) is 35.3 Å². The van der Waals surface area contributed by atoms with Crippen molar-refractivity contribution in [3.8, 4) is 11.5 Å². The normalized spacial score (nSPS) is 15.4. The van der Waals surface area contributed by atoms with Crippen LogP contribution < -0.4 is 4.90 Å². The Balaban J connectivity index is 1.21. The van der Waals surface area contributed by atoms with Gasteiger partial charge in [0, 0.05) is 31.7 Å². The molecule has 1 saturated heterocycles. The number of hydrogen-bond donors (Lipinski definition) is 0. The van der Waals surface area contributed by atoms with Crippen molar-refractivity contribution in [2.75, 3.05) is 31.1 Å². The Bertz CT molecular complexity index is 1080. The van der Waals surface area contributed by atoms with Crippen LogP contribution in [0.25, 0.3) is 17.1 Å². The number of hydrogen-bond acceptors (Lipinski definition) is 8. The molecule has 3 aromatic heterocycles. The van der Waals surface area contributed by atoms with E-state index in [1.807, 2.05) is 12.1 Å². The molecule has 1 fully saturated rings. The summed E-state index contributed by atoms with van der Waals surface area (Å²) in [6, 6.07) is 9.90. The highest BCUT2D eigenvalue weighted by Crippen LogP contribution is 2.20. The summed E-state index contributed by atoms with van der Waals surface area (Å²) >= 11 is 0. The van der Waals surface area contributed by atoms with Gasteiger partial charge in [0.25, 0.3) is 0 Å². The van der Waals surface area contributed by atoms with Crippen molar-refractivity contribution in [1.82, 2.24) is 34.9 Å². The van der Waals surface area contributed by atoms with Crippen LogP contribution in [0.3, 0.4) is 0 Å². The van der Waals surface area contributed by atoms with E-state index in [9.17, 15) is 4.39 Å². The molecule has 1 aliphatic rings. The maximum Gasteiger partial charge on any atom is 0.247 e. The minimum absolute atomic E-state index is 0.292. The molecule has 5 rings (SSSR count). The molecule has 4 aromatic rings. The molecule has 28 heavy (non-hydrogen) atoms. The van der Waals surface area contributed by atoms with Gasteiger partial charge in [-0.1, -0.05) is 0 Å². The monoisotopic (exact) mass is 380 g/mol. The van der Waals surface area contributed by atoms with Crippen molar-refractivity contribution >= 4 is 11.5 Å². The Morgan fingerprint density at radius 2 is 1.75 bits per heavy atom. The highest BCUT2D eigenvalue weighted by molar-refractivity contribution is 5.52. The third-order valence-electron chi connectivity index (χ3n) is 4.76. The van der Waals surface area contributed by atoms with Crippen LogP contribution >= 0.6 is 0 Å². The summed E-state index contributed by atoms with van der Waals surface area (Å²) in [5.74, 6) is 1.57. The lowest BCUT2D eigenvalue weighted by molar-refractivity contribution is 0.226. The molecule has 0 amide bonds. The molecule has 4 heterocycles. The summed E-state index contributed by atoms with van der Waals surface area (Å²) in [6.45, 7) is 3.99. The van der Waals surface area contributed by atoms with Crippen molar-refractivity contribution in [2.24, 2.45) is 0 Å². The minimum Gasteiger partial charge on any atom is -0.419 e. The Morgan fingerprint density at radius 3 is 2.57 bits per heavy atom. The van der Waals surface area contributed by atoms with Crippen LogP contribution in [-0.2, 0) is 6.54 Å². The molecule has 1 aromatic carbocycles. The fraction of sp³-hybridized carbons (Fsp3) is 0.278. The summed E-state index contributed by atoms with van der Waals surface area (Å²) in [4.78, 5) is 4.49. The predicted octanol–water partition coefficient (Wildman–Crippen LogP) is 1.64. The molecule has 0 spiro atoms. The number of nitrogens with zero attached hydrogens (tertiary/aromatic N) is 8.